The molecule has 2 aromatic rings. The number of ether oxygens (including phenoxy) is 1. The van der Waals surface area contributed by atoms with Gasteiger partial charge in [0, 0.05) is 37.3 Å². The maximum absolute atomic E-state index is 13.6. The molecule has 1 aromatic heterocycles. The van der Waals surface area contributed by atoms with E-state index in [9.17, 15) is 9.59 Å². The van der Waals surface area contributed by atoms with Crippen molar-refractivity contribution in [2.75, 3.05) is 13.1 Å². The van der Waals surface area contributed by atoms with Crippen molar-refractivity contribution in [3.05, 3.63) is 64.5 Å². The smallest absolute Gasteiger partial charge is 0.230 e. The lowest BCUT2D eigenvalue weighted by Crippen LogP contribution is -2.47. The molecule has 7 heteroatoms. The number of amides is 2. The minimum atomic E-state index is -0.668. The van der Waals surface area contributed by atoms with E-state index in [2.05, 4.69) is 42.2 Å². The van der Waals surface area contributed by atoms with Crippen molar-refractivity contribution >= 4 is 11.8 Å². The SMILES string of the molecule is Cc1ccc(CN2C[C@]34C=C[C@H](O3)[C@@H](C(=O)N3CCc5[nH]ncc5C3)[C@H]4C2=O)cc1C. The van der Waals surface area contributed by atoms with Gasteiger partial charge < -0.3 is 14.5 Å². The molecule has 7 nitrogen and oxygen atoms in total. The first kappa shape index (κ1) is 18.8. The van der Waals surface area contributed by atoms with Crippen LogP contribution in [-0.4, -0.2) is 56.6 Å². The molecule has 5 heterocycles. The molecule has 4 aliphatic heterocycles. The molecule has 2 saturated heterocycles. The number of nitrogens with zero attached hydrogens (tertiary/aromatic N) is 3. The number of rotatable bonds is 3. The van der Waals surface area contributed by atoms with Gasteiger partial charge in [-0.3, -0.25) is 14.7 Å². The lowest BCUT2D eigenvalue weighted by molar-refractivity contribution is -0.144. The molecular formula is C24H26N4O3. The first-order valence-electron chi connectivity index (χ1n) is 11.0. The predicted molar refractivity (Wildman–Crippen MR) is 113 cm³/mol. The third-order valence-electron chi connectivity index (χ3n) is 7.52. The van der Waals surface area contributed by atoms with Gasteiger partial charge in [0.2, 0.25) is 11.8 Å². The standard InChI is InChI=1S/C24H26N4O3/c1-14-3-4-16(9-15(14)2)11-28-13-24-7-5-19(31-24)20(21(24)23(28)30)22(29)27-8-6-18-17(12-27)10-25-26-18/h3-5,7,9-10,19-21H,6,8,11-13H2,1-2H3,(H,25,26)/t19-,20+,21-,24-/m0/s1. The Hall–Kier alpha value is -2.93. The Morgan fingerprint density at radius 2 is 2.19 bits per heavy atom. The lowest BCUT2D eigenvalue weighted by Gasteiger charge is -2.32. The van der Waals surface area contributed by atoms with E-state index in [0.29, 0.717) is 26.2 Å². The Morgan fingerprint density at radius 3 is 3.03 bits per heavy atom. The average Bonchev–Trinajstić information content (AvgIpc) is 3.51. The molecule has 4 atom stereocenters. The maximum atomic E-state index is 13.6. The summed E-state index contributed by atoms with van der Waals surface area (Å²) in [4.78, 5) is 30.8. The molecule has 0 saturated carbocycles. The van der Waals surface area contributed by atoms with Crippen LogP contribution in [0.3, 0.4) is 0 Å². The summed E-state index contributed by atoms with van der Waals surface area (Å²) in [6.07, 6.45) is 6.25. The molecular weight excluding hydrogens is 392 g/mol. The highest BCUT2D eigenvalue weighted by atomic mass is 16.5. The van der Waals surface area contributed by atoms with Crippen molar-refractivity contribution in [3.63, 3.8) is 0 Å². The second-order valence-electron chi connectivity index (χ2n) is 9.40. The molecule has 1 spiro atoms. The largest absolute Gasteiger partial charge is 0.360 e. The van der Waals surface area contributed by atoms with Gasteiger partial charge in [-0.2, -0.15) is 5.10 Å². The number of likely N-dealkylation sites (tertiary alicyclic amines) is 1. The number of hydrogen-bond acceptors (Lipinski definition) is 4. The van der Waals surface area contributed by atoms with E-state index in [1.54, 1.807) is 6.20 Å². The van der Waals surface area contributed by atoms with Gasteiger partial charge in [0.1, 0.15) is 5.60 Å². The summed E-state index contributed by atoms with van der Waals surface area (Å²) >= 11 is 0. The van der Waals surface area contributed by atoms with Crippen molar-refractivity contribution in [3.8, 4) is 0 Å². The maximum Gasteiger partial charge on any atom is 0.230 e. The Kier molecular flexibility index (Phi) is 3.96. The zero-order valence-electron chi connectivity index (χ0n) is 17.8. The molecule has 31 heavy (non-hydrogen) atoms. The summed E-state index contributed by atoms with van der Waals surface area (Å²) in [7, 11) is 0. The molecule has 160 valence electrons. The van der Waals surface area contributed by atoms with Gasteiger partial charge in [0.05, 0.1) is 30.7 Å². The fourth-order valence-corrected chi connectivity index (χ4v) is 5.74. The molecule has 0 radical (unpaired) electrons. The lowest BCUT2D eigenvalue weighted by atomic mass is 9.76. The van der Waals surface area contributed by atoms with Crippen LogP contribution >= 0.6 is 0 Å². The Balaban J connectivity index is 1.25. The number of aromatic amines is 1. The fourth-order valence-electron chi connectivity index (χ4n) is 5.74. The number of carbonyl (C=O) groups excluding carboxylic acids is 2. The highest BCUT2D eigenvalue weighted by Crippen LogP contribution is 2.52. The van der Waals surface area contributed by atoms with Crippen LogP contribution in [0.25, 0.3) is 0 Å². The zero-order valence-corrected chi connectivity index (χ0v) is 17.8. The van der Waals surface area contributed by atoms with Crippen LogP contribution in [0.1, 0.15) is 27.9 Å². The van der Waals surface area contributed by atoms with Crippen molar-refractivity contribution in [1.82, 2.24) is 20.0 Å². The third kappa shape index (κ3) is 2.72. The monoisotopic (exact) mass is 418 g/mol. The van der Waals surface area contributed by atoms with Crippen LogP contribution in [-0.2, 0) is 33.8 Å². The number of benzene rings is 1. The molecule has 1 aromatic carbocycles. The average molecular weight is 418 g/mol. The van der Waals surface area contributed by atoms with Crippen molar-refractivity contribution < 1.29 is 14.3 Å². The van der Waals surface area contributed by atoms with Crippen LogP contribution in [0.5, 0.6) is 0 Å². The van der Waals surface area contributed by atoms with Gasteiger partial charge in [-0.15, -0.1) is 0 Å². The first-order chi connectivity index (χ1) is 14.9. The number of nitrogens with one attached hydrogen (secondary N) is 1. The van der Waals surface area contributed by atoms with Gasteiger partial charge in [-0.05, 0) is 30.5 Å². The first-order valence-corrected chi connectivity index (χ1v) is 11.0. The summed E-state index contributed by atoms with van der Waals surface area (Å²) in [5, 5.41) is 7.11. The van der Waals surface area contributed by atoms with E-state index < -0.39 is 17.4 Å². The van der Waals surface area contributed by atoms with E-state index in [-0.39, 0.29) is 17.9 Å². The van der Waals surface area contributed by atoms with Crippen LogP contribution in [0, 0.1) is 25.7 Å². The number of H-pyrrole nitrogens is 1. The van der Waals surface area contributed by atoms with Crippen LogP contribution in [0.4, 0.5) is 0 Å². The Morgan fingerprint density at radius 1 is 1.32 bits per heavy atom. The second kappa shape index (κ2) is 6.53. The molecule has 4 aliphatic rings. The van der Waals surface area contributed by atoms with E-state index in [1.807, 2.05) is 22.0 Å². The number of carbonyl (C=O) groups is 2. The normalized spacial score (nSPS) is 30.8. The minimum absolute atomic E-state index is 0.0226. The summed E-state index contributed by atoms with van der Waals surface area (Å²) in [5.41, 5.74) is 5.06. The molecule has 2 bridgehead atoms. The van der Waals surface area contributed by atoms with Crippen molar-refractivity contribution in [2.24, 2.45) is 11.8 Å². The van der Waals surface area contributed by atoms with Crippen molar-refractivity contribution in [2.45, 2.75) is 45.1 Å². The molecule has 2 amide bonds. The van der Waals surface area contributed by atoms with E-state index in [0.717, 1.165) is 23.2 Å². The zero-order chi connectivity index (χ0) is 21.3. The number of hydrogen-bond donors (Lipinski definition) is 1. The van der Waals surface area contributed by atoms with Crippen LogP contribution < -0.4 is 0 Å². The van der Waals surface area contributed by atoms with Gasteiger partial charge in [-0.1, -0.05) is 30.4 Å². The number of fused-ring (bicyclic) bond motifs is 2. The molecule has 1 N–H and O–H groups in total. The second-order valence-corrected chi connectivity index (χ2v) is 9.40. The fraction of sp³-hybridized carbons (Fsp3) is 0.458. The van der Waals surface area contributed by atoms with Gasteiger partial charge >= 0.3 is 0 Å². The summed E-state index contributed by atoms with van der Waals surface area (Å²) in [6.45, 7) is 6.41. The van der Waals surface area contributed by atoms with Gasteiger partial charge in [0.25, 0.3) is 0 Å². The molecule has 0 aliphatic carbocycles. The van der Waals surface area contributed by atoms with Crippen LogP contribution in [0.2, 0.25) is 0 Å². The summed E-state index contributed by atoms with van der Waals surface area (Å²) in [6, 6.07) is 6.31. The number of aromatic nitrogens is 2. The third-order valence-corrected chi connectivity index (χ3v) is 7.52. The topological polar surface area (TPSA) is 78.5 Å². The highest BCUT2D eigenvalue weighted by Gasteiger charge is 2.67. The molecule has 2 fully saturated rings. The summed E-state index contributed by atoms with van der Waals surface area (Å²) < 4.78 is 6.30. The Labute approximate surface area is 181 Å². The Bertz CT molecular complexity index is 1120. The molecule has 6 rings (SSSR count). The van der Waals surface area contributed by atoms with E-state index >= 15 is 0 Å². The van der Waals surface area contributed by atoms with E-state index in [1.165, 1.54) is 11.1 Å². The van der Waals surface area contributed by atoms with Crippen LogP contribution in [0.15, 0.2) is 36.5 Å². The highest BCUT2D eigenvalue weighted by molar-refractivity contribution is 5.93. The quantitative estimate of drug-likeness (QED) is 0.773. The summed E-state index contributed by atoms with van der Waals surface area (Å²) in [5.74, 6) is -0.832. The minimum Gasteiger partial charge on any atom is -0.360 e. The van der Waals surface area contributed by atoms with E-state index in [4.69, 9.17) is 4.74 Å². The van der Waals surface area contributed by atoms with Gasteiger partial charge in [-0.25, -0.2) is 0 Å². The van der Waals surface area contributed by atoms with Gasteiger partial charge in [0.15, 0.2) is 0 Å². The number of aryl methyl sites for hydroxylation is 2. The predicted octanol–water partition coefficient (Wildman–Crippen LogP) is 1.89. The molecule has 0 unspecified atom stereocenters. The van der Waals surface area contributed by atoms with Crippen molar-refractivity contribution in [1.29, 1.82) is 0 Å².